The third-order valence-corrected chi connectivity index (χ3v) is 13.7. The second kappa shape index (κ2) is 7.48. The van der Waals surface area contributed by atoms with Gasteiger partial charge in [-0.25, -0.2) is 5.48 Å². The molecule has 3 N–H and O–H groups in total. The molecule has 9 atom stereocenters. The van der Waals surface area contributed by atoms with Crippen LogP contribution in [0.25, 0.3) is 0 Å². The fourth-order valence-corrected chi connectivity index (χ4v) is 12.0. The summed E-state index contributed by atoms with van der Waals surface area (Å²) in [7, 11) is 0. The van der Waals surface area contributed by atoms with Crippen molar-refractivity contribution < 1.29 is 10.0 Å². The average molecular weight is 494 g/mol. The molecule has 5 heteroatoms. The summed E-state index contributed by atoms with van der Waals surface area (Å²) in [6.07, 6.45) is 12.0. The highest BCUT2D eigenvalue weighted by atomic mass is 16.5. The molecule has 198 valence electrons. The van der Waals surface area contributed by atoms with Crippen molar-refractivity contribution in [1.82, 2.24) is 15.7 Å². The fraction of sp³-hybridized carbons (Fsp3) is 0.806. The zero-order valence-electron chi connectivity index (χ0n) is 23.3. The SMILES string of the molecule is C=C(C)[C@@H]1CC[C@]2(C(=O)NO)CC[C@]3(C)C(CC[C@@H]4[C@@]5(C)Cc6cn[nH]c6C(C)(C)[C@@H]5CC[C@]43C)[C@H]12. The Morgan fingerprint density at radius 1 is 1.03 bits per heavy atom. The normalized spacial score (nSPS) is 48.6. The summed E-state index contributed by atoms with van der Waals surface area (Å²) in [5, 5.41) is 17.7. The third-order valence-electron chi connectivity index (χ3n) is 13.7. The van der Waals surface area contributed by atoms with Gasteiger partial charge in [0, 0.05) is 11.1 Å². The van der Waals surface area contributed by atoms with Crippen LogP contribution in [0.1, 0.15) is 104 Å². The third kappa shape index (κ3) is 2.71. The number of nitrogens with one attached hydrogen (secondary N) is 2. The van der Waals surface area contributed by atoms with Gasteiger partial charge in [0.1, 0.15) is 0 Å². The predicted molar refractivity (Wildman–Crippen MR) is 141 cm³/mol. The van der Waals surface area contributed by atoms with E-state index in [-0.39, 0.29) is 33.5 Å². The van der Waals surface area contributed by atoms with Crippen LogP contribution in [0.3, 0.4) is 0 Å². The fourth-order valence-electron chi connectivity index (χ4n) is 12.0. The molecule has 4 saturated carbocycles. The molecule has 0 aromatic carbocycles. The lowest BCUT2D eigenvalue weighted by atomic mass is 9.32. The Balaban J connectivity index is 1.43. The van der Waals surface area contributed by atoms with Crippen molar-refractivity contribution in [2.45, 2.75) is 105 Å². The molecule has 5 nitrogen and oxygen atoms in total. The Morgan fingerprint density at radius 2 is 1.78 bits per heavy atom. The van der Waals surface area contributed by atoms with Crippen LogP contribution in [0, 0.1) is 51.2 Å². The quantitative estimate of drug-likeness (QED) is 0.247. The Bertz CT molecular complexity index is 1110. The highest BCUT2D eigenvalue weighted by Gasteiger charge is 2.71. The van der Waals surface area contributed by atoms with Crippen molar-refractivity contribution in [3.63, 3.8) is 0 Å². The minimum absolute atomic E-state index is 0.106. The summed E-state index contributed by atoms with van der Waals surface area (Å²) in [4.78, 5) is 13.3. The number of hydrogen-bond donors (Lipinski definition) is 3. The van der Waals surface area contributed by atoms with Crippen LogP contribution in [0.15, 0.2) is 18.3 Å². The van der Waals surface area contributed by atoms with Crippen molar-refractivity contribution in [2.75, 3.05) is 0 Å². The van der Waals surface area contributed by atoms with Gasteiger partial charge in [-0.2, -0.15) is 5.10 Å². The smallest absolute Gasteiger partial charge is 0.249 e. The number of carbonyl (C=O) groups excluding carboxylic acids is 1. The zero-order valence-corrected chi connectivity index (χ0v) is 23.3. The first kappa shape index (κ1) is 24.7. The van der Waals surface area contributed by atoms with E-state index in [1.54, 1.807) is 0 Å². The van der Waals surface area contributed by atoms with Crippen LogP contribution >= 0.6 is 0 Å². The first-order valence-electron chi connectivity index (χ1n) is 14.5. The van der Waals surface area contributed by atoms with Crippen molar-refractivity contribution in [1.29, 1.82) is 0 Å². The lowest BCUT2D eigenvalue weighted by Crippen LogP contribution is -2.67. The van der Waals surface area contributed by atoms with Crippen LogP contribution in [0.4, 0.5) is 0 Å². The van der Waals surface area contributed by atoms with Crippen molar-refractivity contribution in [3.05, 3.63) is 29.6 Å². The predicted octanol–water partition coefficient (Wildman–Crippen LogP) is 6.59. The van der Waals surface area contributed by atoms with Gasteiger partial charge < -0.3 is 0 Å². The Kier molecular flexibility index (Phi) is 5.14. The number of aromatic amines is 1. The minimum Gasteiger partial charge on any atom is -0.289 e. The summed E-state index contributed by atoms with van der Waals surface area (Å²) < 4.78 is 0. The Labute approximate surface area is 217 Å². The van der Waals surface area contributed by atoms with Gasteiger partial charge in [0.25, 0.3) is 0 Å². The van der Waals surface area contributed by atoms with Gasteiger partial charge in [0.05, 0.1) is 11.6 Å². The van der Waals surface area contributed by atoms with Crippen LogP contribution in [0.5, 0.6) is 0 Å². The van der Waals surface area contributed by atoms with Gasteiger partial charge in [-0.1, -0.05) is 46.8 Å². The molecule has 5 aliphatic rings. The van der Waals surface area contributed by atoms with E-state index in [1.807, 2.05) is 0 Å². The topological polar surface area (TPSA) is 78.0 Å². The van der Waals surface area contributed by atoms with E-state index in [1.165, 1.54) is 42.5 Å². The zero-order chi connectivity index (χ0) is 25.9. The molecular formula is C31H47N3O2. The van der Waals surface area contributed by atoms with Crippen LogP contribution < -0.4 is 5.48 Å². The second-order valence-corrected chi connectivity index (χ2v) is 15.0. The largest absolute Gasteiger partial charge is 0.289 e. The molecule has 0 spiro atoms. The van der Waals surface area contributed by atoms with E-state index >= 15 is 0 Å². The van der Waals surface area contributed by atoms with E-state index in [4.69, 9.17) is 0 Å². The molecule has 1 aromatic heterocycles. The molecule has 0 radical (unpaired) electrons. The molecule has 0 saturated heterocycles. The molecule has 36 heavy (non-hydrogen) atoms. The Morgan fingerprint density at radius 3 is 2.47 bits per heavy atom. The molecule has 0 aliphatic heterocycles. The monoisotopic (exact) mass is 493 g/mol. The molecule has 6 rings (SSSR count). The standard InChI is InChI=1S/C31H47N3O2/c1-18(2)20-10-13-31(26(35)34-36)15-14-29(6)21(24(20)31)8-9-23-28(5)16-19-17-32-33-25(19)27(3,4)22(28)11-12-30(23,29)7/h17,20-24,36H,1,8-16H2,2-7H3,(H,32,33)(H,34,35)/t20-,21?,22-,23+,24-,28-,29+,30+,31-/m0/s1. The van der Waals surface area contributed by atoms with E-state index < -0.39 is 5.41 Å². The van der Waals surface area contributed by atoms with E-state index in [0.717, 1.165) is 32.1 Å². The molecule has 4 fully saturated rings. The summed E-state index contributed by atoms with van der Waals surface area (Å²) in [5.74, 6) is 2.33. The van der Waals surface area contributed by atoms with Gasteiger partial charge in [0.15, 0.2) is 0 Å². The maximum atomic E-state index is 13.3. The number of H-pyrrole nitrogens is 1. The van der Waals surface area contributed by atoms with Crippen LogP contribution in [0.2, 0.25) is 0 Å². The van der Waals surface area contributed by atoms with E-state index in [9.17, 15) is 10.0 Å². The summed E-state index contributed by atoms with van der Waals surface area (Å²) in [6, 6.07) is 0. The highest BCUT2D eigenvalue weighted by molar-refractivity contribution is 5.82. The second-order valence-electron chi connectivity index (χ2n) is 15.0. The van der Waals surface area contributed by atoms with Crippen LogP contribution in [-0.4, -0.2) is 21.3 Å². The van der Waals surface area contributed by atoms with Gasteiger partial charge in [-0.15, -0.1) is 0 Å². The summed E-state index contributed by atoms with van der Waals surface area (Å²) in [6.45, 7) is 19.3. The maximum Gasteiger partial charge on any atom is 0.249 e. The molecule has 5 aliphatic carbocycles. The van der Waals surface area contributed by atoms with Gasteiger partial charge in [0.2, 0.25) is 5.91 Å². The number of aromatic nitrogens is 2. The Hall–Kier alpha value is -1.62. The van der Waals surface area contributed by atoms with E-state index in [2.05, 4.69) is 70.0 Å². The number of hydrogen-bond acceptors (Lipinski definition) is 3. The highest BCUT2D eigenvalue weighted by Crippen LogP contribution is 2.77. The molecule has 0 bridgehead atoms. The van der Waals surface area contributed by atoms with Crippen molar-refractivity contribution in [2.24, 2.45) is 51.2 Å². The van der Waals surface area contributed by atoms with Crippen molar-refractivity contribution in [3.8, 4) is 0 Å². The first-order valence-corrected chi connectivity index (χ1v) is 14.5. The average Bonchev–Trinajstić information content (AvgIpc) is 3.44. The number of fused-ring (bicyclic) bond motifs is 8. The lowest BCUT2D eigenvalue weighted by Gasteiger charge is -2.72. The first-order chi connectivity index (χ1) is 16.9. The number of nitrogens with zero attached hydrogens (tertiary/aromatic N) is 1. The maximum absolute atomic E-state index is 13.3. The van der Waals surface area contributed by atoms with Gasteiger partial charge in [-0.05, 0) is 116 Å². The van der Waals surface area contributed by atoms with E-state index in [0.29, 0.717) is 23.7 Å². The molecule has 1 aromatic rings. The molecular weight excluding hydrogens is 446 g/mol. The number of amides is 1. The molecule has 1 heterocycles. The lowest BCUT2D eigenvalue weighted by molar-refractivity contribution is -0.226. The molecule has 1 unspecified atom stereocenters. The molecule has 1 amide bonds. The minimum atomic E-state index is -0.439. The van der Waals surface area contributed by atoms with Crippen molar-refractivity contribution >= 4 is 5.91 Å². The van der Waals surface area contributed by atoms with Gasteiger partial charge in [-0.3, -0.25) is 15.1 Å². The summed E-state index contributed by atoms with van der Waals surface area (Å²) >= 11 is 0. The number of carbonyl (C=O) groups is 1. The van der Waals surface area contributed by atoms with Crippen LogP contribution in [-0.2, 0) is 16.6 Å². The van der Waals surface area contributed by atoms with Gasteiger partial charge >= 0.3 is 0 Å². The number of rotatable bonds is 2. The number of allylic oxidation sites excluding steroid dienone is 1. The number of hydroxylamine groups is 1. The summed E-state index contributed by atoms with van der Waals surface area (Å²) in [5.41, 5.74) is 6.47.